The Morgan fingerprint density at radius 3 is 2.58 bits per heavy atom. The highest BCUT2D eigenvalue weighted by Crippen LogP contribution is 2.31. The van der Waals surface area contributed by atoms with Gasteiger partial charge in [-0.1, -0.05) is 12.1 Å². The van der Waals surface area contributed by atoms with E-state index in [1.807, 2.05) is 24.0 Å². The van der Waals surface area contributed by atoms with Crippen molar-refractivity contribution in [3.05, 3.63) is 75.1 Å². The third-order valence-electron chi connectivity index (χ3n) is 6.07. The Hall–Kier alpha value is -3.20. The Bertz CT molecular complexity index is 1090. The first-order valence-corrected chi connectivity index (χ1v) is 12.1. The maximum absolute atomic E-state index is 13.0. The van der Waals surface area contributed by atoms with Crippen LogP contribution in [0, 0.1) is 17.0 Å². The first kappa shape index (κ1) is 23.0. The van der Waals surface area contributed by atoms with Crippen LogP contribution in [0.15, 0.2) is 42.5 Å². The molecule has 2 saturated heterocycles. The predicted molar refractivity (Wildman–Crippen MR) is 128 cm³/mol. The van der Waals surface area contributed by atoms with Gasteiger partial charge in [-0.05, 0) is 44.0 Å². The summed E-state index contributed by atoms with van der Waals surface area (Å²) < 4.78 is 0. The third kappa shape index (κ3) is 5.24. The minimum atomic E-state index is -0.454. The second-order valence-electron chi connectivity index (χ2n) is 8.24. The summed E-state index contributed by atoms with van der Waals surface area (Å²) >= 11 is 1.76. The lowest BCUT2D eigenvalue weighted by Gasteiger charge is -2.32. The van der Waals surface area contributed by atoms with E-state index in [1.54, 1.807) is 34.9 Å². The number of hydrogen-bond donors (Lipinski definition) is 0. The molecule has 4 rings (SSSR count). The summed E-state index contributed by atoms with van der Waals surface area (Å²) in [7, 11) is 0. The second kappa shape index (κ2) is 10.2. The lowest BCUT2D eigenvalue weighted by molar-refractivity contribution is -0.385. The summed E-state index contributed by atoms with van der Waals surface area (Å²) in [6, 6.07) is 10.1. The highest BCUT2D eigenvalue weighted by molar-refractivity contribution is 7.99. The fourth-order valence-corrected chi connectivity index (χ4v) is 5.19. The summed E-state index contributed by atoms with van der Waals surface area (Å²) in [6.07, 6.45) is 4.33. The molecule has 0 saturated carbocycles. The van der Waals surface area contributed by atoms with Gasteiger partial charge in [0.1, 0.15) is 0 Å². The topological polar surface area (TPSA) is 96.7 Å². The average molecular weight is 467 g/mol. The molecule has 33 heavy (non-hydrogen) atoms. The molecule has 2 aromatic rings. The van der Waals surface area contributed by atoms with Crippen LogP contribution in [0.2, 0.25) is 0 Å². The molecule has 172 valence electrons. The van der Waals surface area contributed by atoms with Crippen LogP contribution in [-0.4, -0.2) is 62.8 Å². The smallest absolute Gasteiger partial charge is 0.276 e. The molecule has 1 aromatic carbocycles. The zero-order chi connectivity index (χ0) is 23.4. The minimum Gasteiger partial charge on any atom is -0.339 e. The molecule has 0 atom stereocenters. The number of carbonyl (C=O) groups is 2. The molecule has 0 spiro atoms. The number of amides is 2. The van der Waals surface area contributed by atoms with Gasteiger partial charge in [-0.15, -0.1) is 11.8 Å². The third-order valence-corrected chi connectivity index (χ3v) is 7.03. The molecule has 3 heterocycles. The fraction of sp³-hybridized carbons (Fsp3) is 0.375. The Morgan fingerprint density at radius 1 is 1.12 bits per heavy atom. The average Bonchev–Trinajstić information content (AvgIpc) is 3.37. The molecule has 2 aliphatic rings. The van der Waals surface area contributed by atoms with Crippen molar-refractivity contribution in [2.45, 2.75) is 25.7 Å². The number of pyridine rings is 1. The van der Waals surface area contributed by atoms with Crippen LogP contribution >= 0.6 is 11.8 Å². The number of carbonyl (C=O) groups excluding carboxylic acids is 2. The number of likely N-dealkylation sites (tertiary alicyclic amines) is 1. The van der Waals surface area contributed by atoms with E-state index in [1.165, 1.54) is 18.2 Å². The van der Waals surface area contributed by atoms with E-state index in [0.29, 0.717) is 30.1 Å². The van der Waals surface area contributed by atoms with E-state index in [4.69, 9.17) is 4.98 Å². The number of piperidine rings is 1. The van der Waals surface area contributed by atoms with E-state index in [2.05, 4.69) is 0 Å². The van der Waals surface area contributed by atoms with Crippen LogP contribution in [0.25, 0.3) is 6.08 Å². The van der Waals surface area contributed by atoms with Crippen molar-refractivity contribution >= 4 is 35.3 Å². The van der Waals surface area contributed by atoms with Gasteiger partial charge in [-0.3, -0.25) is 24.7 Å². The van der Waals surface area contributed by atoms with Gasteiger partial charge in [-0.2, -0.15) is 0 Å². The number of rotatable bonds is 5. The summed E-state index contributed by atoms with van der Waals surface area (Å²) in [5.74, 6) is 1.65. The van der Waals surface area contributed by atoms with Gasteiger partial charge in [0.05, 0.1) is 27.6 Å². The number of nitrogens with zero attached hydrogens (tertiary/aromatic N) is 4. The lowest BCUT2D eigenvalue weighted by atomic mass is 9.89. The molecule has 8 nitrogen and oxygen atoms in total. The van der Waals surface area contributed by atoms with Crippen molar-refractivity contribution in [1.82, 2.24) is 14.8 Å². The molecule has 0 unspecified atom stereocenters. The molecule has 0 aliphatic carbocycles. The van der Waals surface area contributed by atoms with Crippen LogP contribution < -0.4 is 0 Å². The standard InChI is InChI=1S/C24H26N4O4S/c1-17-6-8-20(24(30)27-14-15-33-16-27)23(25-17)19-10-12-26(13-11-19)22(29)9-7-18-4-2-3-5-21(18)28(31)32/h2-9,19H,10-16H2,1H3/b9-7+. The van der Waals surface area contributed by atoms with E-state index >= 15 is 0 Å². The normalized spacial score (nSPS) is 17.0. The number of nitro groups is 1. The lowest BCUT2D eigenvalue weighted by Crippen LogP contribution is -2.38. The molecular formula is C24H26N4O4S. The van der Waals surface area contributed by atoms with Crippen LogP contribution in [0.1, 0.15) is 46.1 Å². The van der Waals surface area contributed by atoms with Crippen LogP contribution in [-0.2, 0) is 4.79 Å². The summed E-state index contributed by atoms with van der Waals surface area (Å²) in [6.45, 7) is 3.78. The molecular weight excluding hydrogens is 440 g/mol. The molecule has 2 amide bonds. The summed E-state index contributed by atoms with van der Waals surface area (Å²) in [5, 5.41) is 11.2. The van der Waals surface area contributed by atoms with E-state index < -0.39 is 4.92 Å². The number of para-hydroxylation sites is 1. The zero-order valence-corrected chi connectivity index (χ0v) is 19.3. The van der Waals surface area contributed by atoms with Gasteiger partial charge >= 0.3 is 0 Å². The Morgan fingerprint density at radius 2 is 1.88 bits per heavy atom. The number of nitro benzene ring substituents is 1. The van der Waals surface area contributed by atoms with Crippen molar-refractivity contribution in [3.8, 4) is 0 Å². The second-order valence-corrected chi connectivity index (χ2v) is 9.31. The van der Waals surface area contributed by atoms with Crippen LogP contribution in [0.5, 0.6) is 0 Å². The predicted octanol–water partition coefficient (Wildman–Crippen LogP) is 3.86. The van der Waals surface area contributed by atoms with Crippen molar-refractivity contribution < 1.29 is 14.5 Å². The van der Waals surface area contributed by atoms with Gasteiger partial charge < -0.3 is 9.80 Å². The molecule has 0 radical (unpaired) electrons. The van der Waals surface area contributed by atoms with Crippen molar-refractivity contribution in [2.24, 2.45) is 0 Å². The van der Waals surface area contributed by atoms with Crippen LogP contribution in [0.3, 0.4) is 0 Å². The largest absolute Gasteiger partial charge is 0.339 e. The number of aryl methyl sites for hydroxylation is 1. The van der Waals surface area contributed by atoms with Gasteiger partial charge in [-0.25, -0.2) is 0 Å². The molecule has 2 fully saturated rings. The molecule has 1 aromatic heterocycles. The van der Waals surface area contributed by atoms with Gasteiger partial charge in [0, 0.05) is 49.1 Å². The zero-order valence-electron chi connectivity index (χ0n) is 18.5. The minimum absolute atomic E-state index is 0.0284. The number of benzene rings is 1. The number of hydrogen-bond acceptors (Lipinski definition) is 6. The Kier molecular flexibility index (Phi) is 7.08. The molecule has 0 N–H and O–H groups in total. The monoisotopic (exact) mass is 466 g/mol. The van der Waals surface area contributed by atoms with E-state index in [0.717, 1.165) is 36.5 Å². The Balaban J connectivity index is 1.43. The fourth-order valence-electron chi connectivity index (χ4n) is 4.25. The summed E-state index contributed by atoms with van der Waals surface area (Å²) in [5.41, 5.74) is 2.75. The molecule has 2 aliphatic heterocycles. The highest BCUT2D eigenvalue weighted by Gasteiger charge is 2.29. The first-order chi connectivity index (χ1) is 15.9. The number of aromatic nitrogens is 1. The number of thioether (sulfide) groups is 1. The first-order valence-electron chi connectivity index (χ1n) is 11.0. The quantitative estimate of drug-likeness (QED) is 0.377. The van der Waals surface area contributed by atoms with E-state index in [9.17, 15) is 19.7 Å². The van der Waals surface area contributed by atoms with Crippen LogP contribution in [0.4, 0.5) is 5.69 Å². The van der Waals surface area contributed by atoms with Gasteiger partial charge in [0.15, 0.2) is 0 Å². The Labute approximate surface area is 196 Å². The van der Waals surface area contributed by atoms with E-state index in [-0.39, 0.29) is 23.4 Å². The van der Waals surface area contributed by atoms with Gasteiger partial charge in [0.2, 0.25) is 5.91 Å². The van der Waals surface area contributed by atoms with Crippen molar-refractivity contribution in [1.29, 1.82) is 0 Å². The molecule has 0 bridgehead atoms. The summed E-state index contributed by atoms with van der Waals surface area (Å²) in [4.78, 5) is 44.8. The van der Waals surface area contributed by atoms with Crippen molar-refractivity contribution in [2.75, 3.05) is 31.3 Å². The SMILES string of the molecule is Cc1ccc(C(=O)N2CCSC2)c(C2CCN(C(=O)/C=C/c3ccccc3[N+](=O)[O-])CC2)n1. The highest BCUT2D eigenvalue weighted by atomic mass is 32.2. The maximum atomic E-state index is 13.0. The molecule has 9 heteroatoms. The van der Waals surface area contributed by atoms with Gasteiger partial charge in [0.25, 0.3) is 11.6 Å². The maximum Gasteiger partial charge on any atom is 0.276 e. The van der Waals surface area contributed by atoms with Crippen molar-refractivity contribution in [3.63, 3.8) is 0 Å².